The molecule has 0 unspecified atom stereocenters. The van der Waals surface area contributed by atoms with E-state index >= 15 is 0 Å². The number of aromatic carboxylic acids is 1. The van der Waals surface area contributed by atoms with Gasteiger partial charge < -0.3 is 27.6 Å². The molecule has 8 N–H and O–H groups in total. The number of nitriles is 2. The average Bonchev–Trinajstić information content (AvgIpc) is 3.28. The van der Waals surface area contributed by atoms with Crippen LogP contribution in [0.15, 0.2) is 97.3 Å². The lowest BCUT2D eigenvalue weighted by Gasteiger charge is -2.12. The number of carbonyl (C=O) groups is 2. The van der Waals surface area contributed by atoms with E-state index in [1.807, 2.05) is 94.4 Å². The minimum atomic E-state index is -1.08. The summed E-state index contributed by atoms with van der Waals surface area (Å²) >= 11 is 12.0. The average molecular weight is 932 g/mol. The Morgan fingerprint density at radius 3 is 1.55 bits per heavy atom. The summed E-state index contributed by atoms with van der Waals surface area (Å²) in [5.41, 5.74) is 28.0. The summed E-state index contributed by atoms with van der Waals surface area (Å²) < 4.78 is 0. The van der Waals surface area contributed by atoms with Crippen molar-refractivity contribution in [2.24, 2.45) is 5.73 Å². The van der Waals surface area contributed by atoms with Crippen molar-refractivity contribution in [3.8, 4) is 12.1 Å². The van der Waals surface area contributed by atoms with Crippen LogP contribution in [0.2, 0.25) is 10.0 Å². The molecule has 2 aromatic carbocycles. The van der Waals surface area contributed by atoms with Crippen LogP contribution < -0.4 is 22.5 Å². The number of hydrogen-bond acceptors (Lipinski definition) is 13. The van der Waals surface area contributed by atoms with Gasteiger partial charge in [-0.2, -0.15) is 10.5 Å². The monoisotopic (exact) mass is 930 g/mol. The molecule has 8 aromatic rings. The van der Waals surface area contributed by atoms with Gasteiger partial charge in [0.2, 0.25) is 0 Å². The zero-order valence-electron chi connectivity index (χ0n) is 36.9. The van der Waals surface area contributed by atoms with Crippen molar-refractivity contribution in [3.05, 3.63) is 186 Å². The summed E-state index contributed by atoms with van der Waals surface area (Å²) in [6.07, 6.45) is 4.06. The fourth-order valence-electron chi connectivity index (χ4n) is 7.29. The van der Waals surface area contributed by atoms with Crippen LogP contribution in [0.4, 0.5) is 11.6 Å². The number of fused-ring (bicyclic) bond motifs is 2. The van der Waals surface area contributed by atoms with E-state index in [-0.39, 0.29) is 22.9 Å². The standard InChI is InChI=1S/C25H21ClN6O.C17H10ClN3O2.C8H13N3/c1-14-5-24(28)31-15(2)22(14)13-30-25(33)18-9-20(32-21(10-18)11-27)7-16-3-4-23-17(6-16)8-19(26)12-29-23;18-13-5-11-3-10(1-2-16(11)20-9-13)4-14-6-12(17(22)23)7-15(8-19)21-14;1-5-3-8(10)11-6(2)7(5)4-9/h3-6,8-10,12H,7,13H2,1-2H3,(H2,28,31)(H,30,33);1-3,5-7,9H,4H2,(H,22,23);3H,4,9H2,1-2H3,(H2,10,11). The van der Waals surface area contributed by atoms with Crippen molar-refractivity contribution in [2.75, 3.05) is 11.5 Å². The van der Waals surface area contributed by atoms with E-state index in [0.29, 0.717) is 64.6 Å². The predicted octanol–water partition coefficient (Wildman–Crippen LogP) is 8.45. The highest BCUT2D eigenvalue weighted by molar-refractivity contribution is 6.31. The maximum atomic E-state index is 12.9. The van der Waals surface area contributed by atoms with Crippen molar-refractivity contribution in [2.45, 2.75) is 53.6 Å². The number of carbonyl (C=O) groups excluding carboxylic acids is 1. The van der Waals surface area contributed by atoms with Crippen LogP contribution in [0.1, 0.15) is 88.3 Å². The van der Waals surface area contributed by atoms with Gasteiger partial charge in [0.1, 0.15) is 35.2 Å². The normalized spacial score (nSPS) is 10.5. The first-order chi connectivity index (χ1) is 32.0. The molecule has 1 amide bonds. The smallest absolute Gasteiger partial charge is 0.335 e. The first kappa shape index (κ1) is 48.4. The lowest BCUT2D eigenvalue weighted by Crippen LogP contribution is -2.24. The molecular formula is C50H44Cl2N12O3. The molecule has 0 radical (unpaired) electrons. The lowest BCUT2D eigenvalue weighted by atomic mass is 10.0. The zero-order valence-corrected chi connectivity index (χ0v) is 38.4. The third-order valence-electron chi connectivity index (χ3n) is 10.5. The second-order valence-electron chi connectivity index (χ2n) is 15.5. The molecule has 15 nitrogen and oxygen atoms in total. The van der Waals surface area contributed by atoms with Gasteiger partial charge >= 0.3 is 5.97 Å². The number of benzene rings is 2. The van der Waals surface area contributed by atoms with Crippen molar-refractivity contribution in [3.63, 3.8) is 0 Å². The van der Waals surface area contributed by atoms with E-state index in [2.05, 4.69) is 35.2 Å². The minimum Gasteiger partial charge on any atom is -0.478 e. The molecular weight excluding hydrogens is 888 g/mol. The first-order valence-electron chi connectivity index (χ1n) is 20.6. The summed E-state index contributed by atoms with van der Waals surface area (Å²) in [4.78, 5) is 49.4. The molecule has 0 bridgehead atoms. The van der Waals surface area contributed by atoms with Crippen LogP contribution in [0.3, 0.4) is 0 Å². The highest BCUT2D eigenvalue weighted by atomic mass is 35.5. The Morgan fingerprint density at radius 2 is 1.10 bits per heavy atom. The Kier molecular flexibility index (Phi) is 15.7. The van der Waals surface area contributed by atoms with Crippen LogP contribution in [0, 0.1) is 50.4 Å². The zero-order chi connectivity index (χ0) is 48.4. The summed E-state index contributed by atoms with van der Waals surface area (Å²) in [5, 5.41) is 33.3. The van der Waals surface area contributed by atoms with Gasteiger partial charge in [-0.3, -0.25) is 14.8 Å². The van der Waals surface area contributed by atoms with Crippen molar-refractivity contribution < 1.29 is 14.7 Å². The highest BCUT2D eigenvalue weighted by Gasteiger charge is 2.14. The molecule has 0 saturated heterocycles. The van der Waals surface area contributed by atoms with E-state index in [0.717, 1.165) is 66.6 Å². The molecule has 336 valence electrons. The number of hydrogen-bond donors (Lipinski definition) is 5. The fraction of sp³-hybridized carbons (Fsp3) is 0.160. The maximum absolute atomic E-state index is 12.9. The molecule has 0 aliphatic carbocycles. The van der Waals surface area contributed by atoms with Gasteiger partial charge in [-0.25, -0.2) is 24.7 Å². The number of nitrogens with zero attached hydrogens (tertiary/aromatic N) is 8. The fourth-order valence-corrected chi connectivity index (χ4v) is 7.63. The number of carboxylic acids is 1. The number of nitrogens with one attached hydrogen (secondary N) is 1. The second kappa shape index (κ2) is 21.7. The van der Waals surface area contributed by atoms with Gasteiger partial charge in [-0.05, 0) is 134 Å². The molecule has 0 saturated carbocycles. The number of rotatable bonds is 9. The predicted molar refractivity (Wildman–Crippen MR) is 259 cm³/mol. The van der Waals surface area contributed by atoms with Gasteiger partial charge in [0.25, 0.3) is 5.91 Å². The van der Waals surface area contributed by atoms with Crippen LogP contribution in [0.5, 0.6) is 0 Å². The maximum Gasteiger partial charge on any atom is 0.335 e. The lowest BCUT2D eigenvalue weighted by molar-refractivity contribution is 0.0696. The van der Waals surface area contributed by atoms with Crippen LogP contribution >= 0.6 is 23.2 Å². The van der Waals surface area contributed by atoms with E-state index < -0.39 is 5.97 Å². The molecule has 6 aromatic heterocycles. The molecule has 0 fully saturated rings. The summed E-state index contributed by atoms with van der Waals surface area (Å²) in [5.74, 6) is -0.360. The van der Waals surface area contributed by atoms with Crippen LogP contribution in [-0.4, -0.2) is 46.9 Å². The van der Waals surface area contributed by atoms with Crippen molar-refractivity contribution in [1.82, 2.24) is 35.2 Å². The summed E-state index contributed by atoms with van der Waals surface area (Å²) in [6, 6.07) is 28.7. The third kappa shape index (κ3) is 12.8. The number of halogens is 2. The number of nitrogens with two attached hydrogens (primary N) is 3. The number of nitrogen functional groups attached to an aromatic ring is 2. The van der Waals surface area contributed by atoms with E-state index in [9.17, 15) is 14.9 Å². The highest BCUT2D eigenvalue weighted by Crippen LogP contribution is 2.23. The molecule has 0 spiro atoms. The largest absolute Gasteiger partial charge is 0.478 e. The van der Waals surface area contributed by atoms with Gasteiger partial charge in [0.05, 0.1) is 26.6 Å². The molecule has 0 atom stereocenters. The molecule has 8 rings (SSSR count). The number of amides is 1. The number of aromatic nitrogens is 6. The molecule has 0 aliphatic heterocycles. The first-order valence-corrected chi connectivity index (χ1v) is 21.3. The van der Waals surface area contributed by atoms with Gasteiger partial charge in [0, 0.05) is 77.4 Å². The Bertz CT molecular complexity index is 3230. The molecule has 17 heteroatoms. The molecule has 6 heterocycles. The summed E-state index contributed by atoms with van der Waals surface area (Å²) in [7, 11) is 0. The SMILES string of the molecule is Cc1cc(N)nc(C)c1CN.Cc1cc(N)nc(C)c1CNC(=O)c1cc(C#N)nc(Cc2ccc3ncc(Cl)cc3c2)c1.N#Cc1cc(C(=O)O)cc(Cc2ccc3ncc(Cl)cc3c2)n1. The number of carboxylic acid groups (broad SMARTS) is 1. The molecule has 67 heavy (non-hydrogen) atoms. The minimum absolute atomic E-state index is 0.0528. The van der Waals surface area contributed by atoms with Crippen LogP contribution in [0.25, 0.3) is 21.8 Å². The summed E-state index contributed by atoms with van der Waals surface area (Å²) in [6.45, 7) is 8.54. The van der Waals surface area contributed by atoms with Crippen molar-refractivity contribution in [1.29, 1.82) is 10.5 Å². The van der Waals surface area contributed by atoms with E-state index in [4.69, 9.17) is 50.8 Å². The van der Waals surface area contributed by atoms with Crippen molar-refractivity contribution >= 4 is 68.5 Å². The quantitative estimate of drug-likeness (QED) is 0.0909. The number of aryl methyl sites for hydroxylation is 4. The number of anilines is 2. The van der Waals surface area contributed by atoms with Gasteiger partial charge in [-0.1, -0.05) is 35.3 Å². The third-order valence-corrected chi connectivity index (χ3v) is 10.9. The van der Waals surface area contributed by atoms with Gasteiger partial charge in [-0.15, -0.1) is 0 Å². The second-order valence-corrected chi connectivity index (χ2v) is 16.3. The van der Waals surface area contributed by atoms with E-state index in [1.54, 1.807) is 24.5 Å². The Morgan fingerprint density at radius 1 is 0.642 bits per heavy atom. The Labute approximate surface area is 396 Å². The molecule has 0 aliphatic rings. The van der Waals surface area contributed by atoms with Crippen LogP contribution in [-0.2, 0) is 25.9 Å². The van der Waals surface area contributed by atoms with E-state index in [1.165, 1.54) is 18.2 Å². The van der Waals surface area contributed by atoms with Gasteiger partial charge in [0.15, 0.2) is 0 Å². The topological polar surface area (TPSA) is 269 Å². The Balaban J connectivity index is 0.000000188. The number of pyridine rings is 6. The Hall–Kier alpha value is -8.08.